The molecule has 0 fully saturated rings. The van der Waals surface area contributed by atoms with Crippen molar-refractivity contribution in [3.8, 4) is 0 Å². The van der Waals surface area contributed by atoms with Gasteiger partial charge in [-0.2, -0.15) is 0 Å². The fourth-order valence-corrected chi connectivity index (χ4v) is 1.55. The molecule has 1 atom stereocenters. The number of rotatable bonds is 1. The molecular formula is C10H10N2O. The molecule has 13 heavy (non-hydrogen) atoms. The number of aliphatic imine (C=N–C) groups is 1. The van der Waals surface area contributed by atoms with Crippen LogP contribution in [-0.4, -0.2) is 18.2 Å². The van der Waals surface area contributed by atoms with Gasteiger partial charge in [0, 0.05) is 18.5 Å². The SMILES string of the molecule is NCC1=CC(=O)N=C2C=CC=CC12. The first-order valence-corrected chi connectivity index (χ1v) is 4.19. The summed E-state index contributed by atoms with van der Waals surface area (Å²) in [5.74, 6) is -0.0839. The fourth-order valence-electron chi connectivity index (χ4n) is 1.55. The number of fused-ring (bicyclic) bond motifs is 1. The van der Waals surface area contributed by atoms with Crippen molar-refractivity contribution in [2.45, 2.75) is 0 Å². The van der Waals surface area contributed by atoms with Gasteiger partial charge in [0.15, 0.2) is 0 Å². The molecular weight excluding hydrogens is 164 g/mol. The summed E-state index contributed by atoms with van der Waals surface area (Å²) in [5.41, 5.74) is 7.28. The van der Waals surface area contributed by atoms with Gasteiger partial charge in [-0.25, -0.2) is 4.99 Å². The van der Waals surface area contributed by atoms with Crippen LogP contribution in [0.1, 0.15) is 0 Å². The first-order chi connectivity index (χ1) is 6.31. The Bertz CT molecular complexity index is 361. The highest BCUT2D eigenvalue weighted by molar-refractivity contribution is 6.12. The Balaban J connectivity index is 2.40. The summed E-state index contributed by atoms with van der Waals surface area (Å²) in [5, 5.41) is 0. The maximum absolute atomic E-state index is 11.1. The summed E-state index contributed by atoms with van der Waals surface area (Å²) in [6, 6.07) is 0. The Hall–Kier alpha value is -1.48. The van der Waals surface area contributed by atoms with Crippen LogP contribution in [0, 0.1) is 5.92 Å². The predicted octanol–water partition coefficient (Wildman–Crippen LogP) is 0.595. The molecule has 2 rings (SSSR count). The molecule has 1 unspecified atom stereocenters. The highest BCUT2D eigenvalue weighted by Gasteiger charge is 2.22. The van der Waals surface area contributed by atoms with Crippen LogP contribution in [0.5, 0.6) is 0 Å². The number of carbonyl (C=O) groups is 1. The van der Waals surface area contributed by atoms with Crippen molar-refractivity contribution in [2.24, 2.45) is 16.6 Å². The minimum atomic E-state index is -0.202. The summed E-state index contributed by atoms with van der Waals surface area (Å²) < 4.78 is 0. The van der Waals surface area contributed by atoms with Crippen LogP contribution in [0.25, 0.3) is 0 Å². The van der Waals surface area contributed by atoms with Crippen LogP contribution in [0.3, 0.4) is 0 Å². The maximum Gasteiger partial charge on any atom is 0.269 e. The van der Waals surface area contributed by atoms with Crippen molar-refractivity contribution in [3.63, 3.8) is 0 Å². The second-order valence-electron chi connectivity index (χ2n) is 3.02. The van der Waals surface area contributed by atoms with Crippen LogP contribution in [0.4, 0.5) is 0 Å². The summed E-state index contributed by atoms with van der Waals surface area (Å²) in [7, 11) is 0. The van der Waals surface area contributed by atoms with Gasteiger partial charge in [-0.1, -0.05) is 18.2 Å². The largest absolute Gasteiger partial charge is 0.327 e. The average Bonchev–Trinajstić information content (AvgIpc) is 2.16. The number of dihydropyridines is 1. The summed E-state index contributed by atoms with van der Waals surface area (Å²) in [6.45, 7) is 0.410. The van der Waals surface area contributed by atoms with E-state index in [9.17, 15) is 4.79 Å². The molecule has 3 heteroatoms. The highest BCUT2D eigenvalue weighted by atomic mass is 16.1. The second-order valence-corrected chi connectivity index (χ2v) is 3.02. The predicted molar refractivity (Wildman–Crippen MR) is 51.3 cm³/mol. The van der Waals surface area contributed by atoms with Gasteiger partial charge in [0.1, 0.15) is 0 Å². The molecule has 0 radical (unpaired) electrons. The fraction of sp³-hybridized carbons (Fsp3) is 0.200. The zero-order chi connectivity index (χ0) is 9.26. The number of amides is 1. The Labute approximate surface area is 76.3 Å². The Kier molecular flexibility index (Phi) is 1.94. The third-order valence-corrected chi connectivity index (χ3v) is 2.18. The van der Waals surface area contributed by atoms with Gasteiger partial charge in [-0.05, 0) is 11.6 Å². The smallest absolute Gasteiger partial charge is 0.269 e. The quantitative estimate of drug-likeness (QED) is 0.632. The number of allylic oxidation sites excluding steroid dienone is 4. The maximum atomic E-state index is 11.1. The number of hydrogen-bond donors (Lipinski definition) is 1. The first kappa shape index (κ1) is 8.13. The zero-order valence-electron chi connectivity index (χ0n) is 7.10. The van der Waals surface area contributed by atoms with Crippen molar-refractivity contribution in [3.05, 3.63) is 36.0 Å². The van der Waals surface area contributed by atoms with E-state index < -0.39 is 0 Å². The van der Waals surface area contributed by atoms with E-state index in [0.717, 1.165) is 11.3 Å². The van der Waals surface area contributed by atoms with Crippen LogP contribution in [-0.2, 0) is 4.79 Å². The van der Waals surface area contributed by atoms with Crippen LogP contribution >= 0.6 is 0 Å². The molecule has 0 spiro atoms. The van der Waals surface area contributed by atoms with E-state index in [0.29, 0.717) is 6.54 Å². The van der Waals surface area contributed by atoms with Gasteiger partial charge in [0.2, 0.25) is 0 Å². The molecule has 1 aliphatic heterocycles. The third kappa shape index (κ3) is 1.38. The van der Waals surface area contributed by atoms with Crippen LogP contribution in [0.2, 0.25) is 0 Å². The Morgan fingerprint density at radius 1 is 1.46 bits per heavy atom. The van der Waals surface area contributed by atoms with E-state index in [2.05, 4.69) is 4.99 Å². The van der Waals surface area contributed by atoms with Crippen LogP contribution in [0.15, 0.2) is 40.9 Å². The highest BCUT2D eigenvalue weighted by Crippen LogP contribution is 2.21. The van der Waals surface area contributed by atoms with Gasteiger partial charge in [0.05, 0.1) is 5.71 Å². The molecule has 3 nitrogen and oxygen atoms in total. The van der Waals surface area contributed by atoms with Crippen molar-refractivity contribution in [1.82, 2.24) is 0 Å². The van der Waals surface area contributed by atoms with Crippen molar-refractivity contribution < 1.29 is 4.79 Å². The molecule has 0 bridgehead atoms. The van der Waals surface area contributed by atoms with E-state index in [1.807, 2.05) is 24.3 Å². The normalized spacial score (nSPS) is 25.3. The van der Waals surface area contributed by atoms with E-state index >= 15 is 0 Å². The lowest BCUT2D eigenvalue weighted by Gasteiger charge is -2.20. The minimum absolute atomic E-state index is 0.118. The molecule has 0 aromatic carbocycles. The molecule has 1 amide bonds. The van der Waals surface area contributed by atoms with Gasteiger partial charge < -0.3 is 5.73 Å². The molecule has 0 saturated carbocycles. The summed E-state index contributed by atoms with van der Waals surface area (Å²) >= 11 is 0. The van der Waals surface area contributed by atoms with Gasteiger partial charge in [-0.15, -0.1) is 0 Å². The Morgan fingerprint density at radius 2 is 2.31 bits per heavy atom. The first-order valence-electron chi connectivity index (χ1n) is 4.19. The van der Waals surface area contributed by atoms with E-state index in [4.69, 9.17) is 5.73 Å². The molecule has 2 aliphatic rings. The summed E-state index contributed by atoms with van der Waals surface area (Å²) in [4.78, 5) is 15.0. The van der Waals surface area contributed by atoms with Gasteiger partial charge >= 0.3 is 0 Å². The molecule has 1 heterocycles. The van der Waals surface area contributed by atoms with Crippen molar-refractivity contribution in [1.29, 1.82) is 0 Å². The third-order valence-electron chi connectivity index (χ3n) is 2.18. The average molecular weight is 174 g/mol. The monoisotopic (exact) mass is 174 g/mol. The van der Waals surface area contributed by atoms with E-state index in [1.165, 1.54) is 6.08 Å². The van der Waals surface area contributed by atoms with E-state index in [-0.39, 0.29) is 11.8 Å². The lowest BCUT2D eigenvalue weighted by atomic mass is 9.88. The molecule has 0 aromatic heterocycles. The number of carbonyl (C=O) groups excluding carboxylic acids is 1. The van der Waals surface area contributed by atoms with E-state index in [1.54, 1.807) is 0 Å². The number of nitrogens with zero attached hydrogens (tertiary/aromatic N) is 1. The van der Waals surface area contributed by atoms with Crippen LogP contribution < -0.4 is 5.73 Å². The molecule has 1 aliphatic carbocycles. The number of hydrogen-bond acceptors (Lipinski definition) is 2. The summed E-state index contributed by atoms with van der Waals surface area (Å²) in [6.07, 6.45) is 9.21. The number of nitrogens with two attached hydrogens (primary N) is 1. The minimum Gasteiger partial charge on any atom is -0.327 e. The lowest BCUT2D eigenvalue weighted by Crippen LogP contribution is -2.25. The standard InChI is InChI=1S/C10H10N2O/c11-6-7-5-10(13)12-9-4-2-1-3-8(7)9/h1-5,8H,6,11H2. The Morgan fingerprint density at radius 3 is 3.08 bits per heavy atom. The molecule has 2 N–H and O–H groups in total. The lowest BCUT2D eigenvalue weighted by molar-refractivity contribution is -0.113. The molecule has 0 saturated heterocycles. The zero-order valence-corrected chi connectivity index (χ0v) is 7.10. The second kappa shape index (κ2) is 3.11. The van der Waals surface area contributed by atoms with Gasteiger partial charge in [0.25, 0.3) is 5.91 Å². The van der Waals surface area contributed by atoms with Gasteiger partial charge in [-0.3, -0.25) is 4.79 Å². The topological polar surface area (TPSA) is 55.5 Å². The molecule has 0 aromatic rings. The van der Waals surface area contributed by atoms with Crippen molar-refractivity contribution >= 4 is 11.6 Å². The molecule has 66 valence electrons. The van der Waals surface area contributed by atoms with Crippen molar-refractivity contribution in [2.75, 3.05) is 6.54 Å².